The van der Waals surface area contributed by atoms with Crippen molar-refractivity contribution in [3.05, 3.63) is 29.8 Å². The largest absolute Gasteiger partial charge is 0.481 e. The minimum absolute atomic E-state index is 0.0782. The molecule has 0 aliphatic heterocycles. The Bertz CT molecular complexity index is 384. The molecule has 1 amide bonds. The summed E-state index contributed by atoms with van der Waals surface area (Å²) >= 11 is 0. The van der Waals surface area contributed by atoms with Crippen LogP contribution in [0.2, 0.25) is 0 Å². The van der Waals surface area contributed by atoms with Gasteiger partial charge in [0.2, 0.25) is 0 Å². The molecule has 0 aliphatic carbocycles. The van der Waals surface area contributed by atoms with Gasteiger partial charge in [-0.05, 0) is 31.2 Å². The fourth-order valence-corrected chi connectivity index (χ4v) is 1.19. The lowest BCUT2D eigenvalue weighted by Gasteiger charge is -2.11. The number of benzene rings is 1. The lowest BCUT2D eigenvalue weighted by Crippen LogP contribution is -2.30. The van der Waals surface area contributed by atoms with E-state index in [2.05, 4.69) is 0 Å². The van der Waals surface area contributed by atoms with E-state index >= 15 is 0 Å². The van der Waals surface area contributed by atoms with Crippen LogP contribution < -0.4 is 10.5 Å². The third-order valence-electron chi connectivity index (χ3n) is 2.21. The molecule has 2 N–H and O–H groups in total. The Morgan fingerprint density at radius 2 is 1.88 bits per heavy atom. The van der Waals surface area contributed by atoms with Crippen molar-refractivity contribution in [2.75, 3.05) is 0 Å². The summed E-state index contributed by atoms with van der Waals surface area (Å²) in [5.41, 5.74) is 5.71. The number of primary amides is 1. The number of hydrogen-bond acceptors (Lipinski definition) is 3. The summed E-state index contributed by atoms with van der Waals surface area (Å²) in [4.78, 5) is 22.1. The Hall–Kier alpha value is -1.84. The van der Waals surface area contributed by atoms with Crippen molar-refractivity contribution >= 4 is 11.7 Å². The van der Waals surface area contributed by atoms with E-state index in [1.807, 2.05) is 6.92 Å². The summed E-state index contributed by atoms with van der Waals surface area (Å²) in [7, 11) is 0. The molecule has 0 radical (unpaired) electrons. The molecular formula is C12H15NO3. The van der Waals surface area contributed by atoms with Gasteiger partial charge < -0.3 is 10.5 Å². The molecule has 1 atom stereocenters. The van der Waals surface area contributed by atoms with E-state index in [0.717, 1.165) is 0 Å². The Morgan fingerprint density at radius 3 is 2.31 bits per heavy atom. The molecule has 0 aliphatic rings. The molecule has 0 spiro atoms. The molecule has 0 saturated heterocycles. The Labute approximate surface area is 94.4 Å². The van der Waals surface area contributed by atoms with Gasteiger partial charge in [0, 0.05) is 12.0 Å². The Balaban J connectivity index is 2.72. The minimum Gasteiger partial charge on any atom is -0.481 e. The van der Waals surface area contributed by atoms with E-state index in [-0.39, 0.29) is 5.78 Å². The molecule has 1 rings (SSSR count). The highest BCUT2D eigenvalue weighted by atomic mass is 16.5. The molecule has 16 heavy (non-hydrogen) atoms. The number of nitrogens with two attached hydrogens (primary N) is 1. The van der Waals surface area contributed by atoms with Crippen molar-refractivity contribution in [2.45, 2.75) is 26.4 Å². The predicted molar refractivity (Wildman–Crippen MR) is 60.3 cm³/mol. The van der Waals surface area contributed by atoms with Crippen molar-refractivity contribution in [3.63, 3.8) is 0 Å². The second-order valence-corrected chi connectivity index (χ2v) is 3.46. The van der Waals surface area contributed by atoms with Crippen molar-refractivity contribution < 1.29 is 14.3 Å². The van der Waals surface area contributed by atoms with E-state index in [1.54, 1.807) is 31.2 Å². The fourth-order valence-electron chi connectivity index (χ4n) is 1.19. The number of rotatable bonds is 5. The maximum atomic E-state index is 11.3. The standard InChI is InChI=1S/C12H15NO3/c1-3-11(14)9-4-6-10(7-5-9)16-8(2)12(13)15/h4-8H,3H2,1-2H3,(H2,13,15)/t8-/m1/s1. The van der Waals surface area contributed by atoms with E-state index in [1.165, 1.54) is 0 Å². The van der Waals surface area contributed by atoms with Crippen LogP contribution in [-0.2, 0) is 4.79 Å². The zero-order chi connectivity index (χ0) is 12.1. The fraction of sp³-hybridized carbons (Fsp3) is 0.333. The molecule has 0 aromatic heterocycles. The number of amides is 1. The van der Waals surface area contributed by atoms with Crippen molar-refractivity contribution in [2.24, 2.45) is 5.73 Å². The first-order valence-electron chi connectivity index (χ1n) is 5.13. The first-order valence-corrected chi connectivity index (χ1v) is 5.13. The zero-order valence-corrected chi connectivity index (χ0v) is 9.40. The van der Waals surface area contributed by atoms with Crippen LogP contribution in [-0.4, -0.2) is 17.8 Å². The summed E-state index contributed by atoms with van der Waals surface area (Å²) in [6, 6.07) is 6.66. The van der Waals surface area contributed by atoms with Gasteiger partial charge in [-0.2, -0.15) is 0 Å². The number of ether oxygens (including phenoxy) is 1. The average molecular weight is 221 g/mol. The van der Waals surface area contributed by atoms with Gasteiger partial charge in [0.25, 0.3) is 5.91 Å². The third kappa shape index (κ3) is 3.08. The van der Waals surface area contributed by atoms with Crippen LogP contribution in [0.5, 0.6) is 5.75 Å². The van der Waals surface area contributed by atoms with E-state index in [4.69, 9.17) is 10.5 Å². The topological polar surface area (TPSA) is 69.4 Å². The normalized spacial score (nSPS) is 11.9. The van der Waals surface area contributed by atoms with E-state index < -0.39 is 12.0 Å². The van der Waals surface area contributed by atoms with Gasteiger partial charge in [0.05, 0.1) is 0 Å². The van der Waals surface area contributed by atoms with Crippen LogP contribution in [0.4, 0.5) is 0 Å². The molecule has 0 saturated carbocycles. The first kappa shape index (κ1) is 12.2. The summed E-state index contributed by atoms with van der Waals surface area (Å²) < 4.78 is 5.26. The highest BCUT2D eigenvalue weighted by Crippen LogP contribution is 2.14. The van der Waals surface area contributed by atoms with Gasteiger partial charge in [-0.1, -0.05) is 6.92 Å². The average Bonchev–Trinajstić information content (AvgIpc) is 2.28. The maximum Gasteiger partial charge on any atom is 0.258 e. The smallest absolute Gasteiger partial charge is 0.258 e. The maximum absolute atomic E-state index is 11.3. The van der Waals surface area contributed by atoms with Crippen LogP contribution in [0, 0.1) is 0 Å². The quantitative estimate of drug-likeness (QED) is 0.766. The minimum atomic E-state index is -0.673. The van der Waals surface area contributed by atoms with Crippen LogP contribution in [0.1, 0.15) is 30.6 Å². The Kier molecular flexibility index (Phi) is 4.05. The van der Waals surface area contributed by atoms with Gasteiger partial charge in [0.15, 0.2) is 11.9 Å². The van der Waals surface area contributed by atoms with Gasteiger partial charge in [-0.3, -0.25) is 9.59 Å². The number of carbonyl (C=O) groups is 2. The highest BCUT2D eigenvalue weighted by molar-refractivity contribution is 5.95. The van der Waals surface area contributed by atoms with Gasteiger partial charge in [0.1, 0.15) is 5.75 Å². The van der Waals surface area contributed by atoms with Crippen LogP contribution in [0.15, 0.2) is 24.3 Å². The SMILES string of the molecule is CCC(=O)c1ccc(O[C@H](C)C(N)=O)cc1. The summed E-state index contributed by atoms with van der Waals surface area (Å²) in [5, 5.41) is 0. The first-order chi connectivity index (χ1) is 7.54. The molecule has 1 aromatic rings. The second kappa shape index (κ2) is 5.30. The molecule has 0 fully saturated rings. The highest BCUT2D eigenvalue weighted by Gasteiger charge is 2.10. The molecule has 1 aromatic carbocycles. The second-order valence-electron chi connectivity index (χ2n) is 3.46. The van der Waals surface area contributed by atoms with E-state index in [0.29, 0.717) is 17.7 Å². The number of carbonyl (C=O) groups excluding carboxylic acids is 2. The zero-order valence-electron chi connectivity index (χ0n) is 9.40. The van der Waals surface area contributed by atoms with Crippen molar-refractivity contribution in [3.8, 4) is 5.75 Å². The van der Waals surface area contributed by atoms with Gasteiger partial charge in [-0.25, -0.2) is 0 Å². The van der Waals surface area contributed by atoms with Gasteiger partial charge >= 0.3 is 0 Å². The molecule has 4 heteroatoms. The van der Waals surface area contributed by atoms with Crippen LogP contribution in [0.25, 0.3) is 0 Å². The summed E-state index contributed by atoms with van der Waals surface area (Å²) in [6.45, 7) is 3.38. The molecule has 4 nitrogen and oxygen atoms in total. The molecule has 0 heterocycles. The third-order valence-corrected chi connectivity index (χ3v) is 2.21. The number of ketones is 1. The summed E-state index contributed by atoms with van der Waals surface area (Å²) in [5.74, 6) is 0.0853. The summed E-state index contributed by atoms with van der Waals surface area (Å²) in [6.07, 6.45) is -0.203. The molecule has 0 bridgehead atoms. The lowest BCUT2D eigenvalue weighted by molar-refractivity contribution is -0.123. The Morgan fingerprint density at radius 1 is 1.31 bits per heavy atom. The molecule has 86 valence electrons. The monoisotopic (exact) mass is 221 g/mol. The van der Waals surface area contributed by atoms with Crippen LogP contribution >= 0.6 is 0 Å². The molecular weight excluding hydrogens is 206 g/mol. The number of Topliss-reactive ketones (excluding diaryl/α,β-unsaturated/α-hetero) is 1. The molecule has 0 unspecified atom stereocenters. The lowest BCUT2D eigenvalue weighted by atomic mass is 10.1. The van der Waals surface area contributed by atoms with Gasteiger partial charge in [-0.15, -0.1) is 0 Å². The van der Waals surface area contributed by atoms with Crippen LogP contribution in [0.3, 0.4) is 0 Å². The number of hydrogen-bond donors (Lipinski definition) is 1. The van der Waals surface area contributed by atoms with Crippen molar-refractivity contribution in [1.82, 2.24) is 0 Å². The van der Waals surface area contributed by atoms with E-state index in [9.17, 15) is 9.59 Å². The predicted octanol–water partition coefficient (Wildman–Crippen LogP) is 1.53. The van der Waals surface area contributed by atoms with Crippen molar-refractivity contribution in [1.29, 1.82) is 0 Å².